The Morgan fingerprint density at radius 1 is 1.30 bits per heavy atom. The Labute approximate surface area is 118 Å². The van der Waals surface area contributed by atoms with Crippen molar-refractivity contribution in [2.45, 2.75) is 11.7 Å². The van der Waals surface area contributed by atoms with E-state index in [9.17, 15) is 9.18 Å². The number of aromatic nitrogens is 3. The van der Waals surface area contributed by atoms with Crippen LogP contribution in [0.3, 0.4) is 0 Å². The first-order valence-corrected chi connectivity index (χ1v) is 7.01. The van der Waals surface area contributed by atoms with E-state index in [0.717, 1.165) is 18.8 Å². The predicted octanol–water partition coefficient (Wildman–Crippen LogP) is 1.15. The first-order chi connectivity index (χ1) is 9.65. The lowest BCUT2D eigenvalue weighted by Crippen LogP contribution is -2.14. The number of primary amides is 1. The van der Waals surface area contributed by atoms with E-state index in [4.69, 9.17) is 5.73 Å². The molecular weight excluding hydrogens is 281 g/mol. The summed E-state index contributed by atoms with van der Waals surface area (Å²) < 4.78 is 14.9. The average molecular weight is 293 g/mol. The van der Waals surface area contributed by atoms with Gasteiger partial charge in [-0.1, -0.05) is 11.8 Å². The summed E-state index contributed by atoms with van der Waals surface area (Å²) in [6.07, 6.45) is 0. The summed E-state index contributed by atoms with van der Waals surface area (Å²) in [5.41, 5.74) is 5.99. The third kappa shape index (κ3) is 2.34. The fraction of sp³-hybridized carbons (Fsp3) is 0.250. The molecule has 0 aliphatic carbocycles. The molecule has 1 aromatic heterocycles. The van der Waals surface area contributed by atoms with Crippen molar-refractivity contribution in [2.75, 3.05) is 17.2 Å². The highest BCUT2D eigenvalue weighted by atomic mass is 32.2. The Morgan fingerprint density at radius 2 is 2.05 bits per heavy atom. The van der Waals surface area contributed by atoms with E-state index in [1.54, 1.807) is 12.1 Å². The number of nitrogens with zero attached hydrogens (tertiary/aromatic N) is 4. The molecule has 6 nitrogen and oxygen atoms in total. The van der Waals surface area contributed by atoms with Crippen LogP contribution in [0.5, 0.6) is 0 Å². The lowest BCUT2D eigenvalue weighted by atomic mass is 10.3. The van der Waals surface area contributed by atoms with Gasteiger partial charge in [0, 0.05) is 18.8 Å². The van der Waals surface area contributed by atoms with Gasteiger partial charge in [0.05, 0.1) is 5.75 Å². The maximum atomic E-state index is 13.0. The summed E-state index contributed by atoms with van der Waals surface area (Å²) in [6, 6.07) is 6.24. The number of anilines is 2. The molecule has 1 aliphatic rings. The zero-order valence-electron chi connectivity index (χ0n) is 10.5. The number of carbonyl (C=O) groups excluding carboxylic acids is 1. The molecule has 0 radical (unpaired) electrons. The molecule has 0 bridgehead atoms. The number of carbonyl (C=O) groups is 1. The highest BCUT2D eigenvalue weighted by Gasteiger charge is 2.26. The van der Waals surface area contributed by atoms with Gasteiger partial charge in [-0.15, -0.1) is 10.2 Å². The highest BCUT2D eigenvalue weighted by Crippen LogP contribution is 2.31. The first-order valence-electron chi connectivity index (χ1n) is 6.02. The van der Waals surface area contributed by atoms with Crippen molar-refractivity contribution in [3.8, 4) is 0 Å². The Balaban J connectivity index is 1.84. The van der Waals surface area contributed by atoms with Crippen molar-refractivity contribution in [1.82, 2.24) is 14.8 Å². The normalized spacial score (nSPS) is 13.6. The predicted molar refractivity (Wildman–Crippen MR) is 73.3 cm³/mol. The van der Waals surface area contributed by atoms with E-state index < -0.39 is 0 Å². The van der Waals surface area contributed by atoms with Gasteiger partial charge in [-0.05, 0) is 24.3 Å². The number of nitrogens with two attached hydrogens (primary N) is 1. The van der Waals surface area contributed by atoms with E-state index in [2.05, 4.69) is 10.2 Å². The van der Waals surface area contributed by atoms with E-state index in [1.807, 2.05) is 9.47 Å². The standard InChI is InChI=1S/C12H12FN5OS/c13-8-1-3-9(4-2-8)17-5-6-18-11(17)15-16-12(18)20-7-10(14)19/h1-4H,5-7H2,(H2,14,19). The molecule has 8 heteroatoms. The minimum Gasteiger partial charge on any atom is -0.369 e. The molecule has 2 aromatic rings. The number of rotatable bonds is 4. The lowest BCUT2D eigenvalue weighted by molar-refractivity contribution is -0.115. The van der Waals surface area contributed by atoms with Crippen molar-refractivity contribution in [3.63, 3.8) is 0 Å². The zero-order valence-corrected chi connectivity index (χ0v) is 11.3. The second kappa shape index (κ2) is 5.12. The van der Waals surface area contributed by atoms with Crippen LogP contribution in [0.15, 0.2) is 29.4 Å². The Bertz CT molecular complexity index is 642. The van der Waals surface area contributed by atoms with Crippen molar-refractivity contribution >= 4 is 29.3 Å². The molecule has 0 saturated heterocycles. The van der Waals surface area contributed by atoms with Crippen molar-refractivity contribution in [1.29, 1.82) is 0 Å². The molecule has 1 aliphatic heterocycles. The quantitative estimate of drug-likeness (QED) is 0.856. The zero-order chi connectivity index (χ0) is 14.1. The molecule has 0 spiro atoms. The molecule has 1 amide bonds. The van der Waals surface area contributed by atoms with Crippen LogP contribution in [0.25, 0.3) is 0 Å². The summed E-state index contributed by atoms with van der Waals surface area (Å²) in [5, 5.41) is 8.85. The lowest BCUT2D eigenvalue weighted by Gasteiger charge is -2.14. The summed E-state index contributed by atoms with van der Waals surface area (Å²) in [4.78, 5) is 12.8. The Morgan fingerprint density at radius 3 is 2.75 bits per heavy atom. The van der Waals surface area contributed by atoms with Crippen LogP contribution in [0.4, 0.5) is 16.0 Å². The van der Waals surface area contributed by atoms with E-state index in [1.165, 1.54) is 23.9 Å². The van der Waals surface area contributed by atoms with Crippen LogP contribution in [0.2, 0.25) is 0 Å². The summed E-state index contributed by atoms with van der Waals surface area (Å²) in [6.45, 7) is 1.46. The number of fused-ring (bicyclic) bond motifs is 1. The van der Waals surface area contributed by atoms with E-state index >= 15 is 0 Å². The monoisotopic (exact) mass is 293 g/mol. The third-order valence-electron chi connectivity index (χ3n) is 2.97. The average Bonchev–Trinajstić information content (AvgIpc) is 2.99. The van der Waals surface area contributed by atoms with Crippen LogP contribution < -0.4 is 10.6 Å². The number of amides is 1. The minimum atomic E-state index is -0.388. The molecule has 2 N–H and O–H groups in total. The second-order valence-corrected chi connectivity index (χ2v) is 5.26. The molecule has 104 valence electrons. The molecule has 3 rings (SSSR count). The molecule has 0 saturated carbocycles. The van der Waals surface area contributed by atoms with Gasteiger partial charge in [0.15, 0.2) is 5.16 Å². The molecule has 2 heterocycles. The number of halogens is 1. The smallest absolute Gasteiger partial charge is 0.232 e. The summed E-state index contributed by atoms with van der Waals surface area (Å²) in [5.74, 6) is 0.214. The van der Waals surface area contributed by atoms with E-state index in [-0.39, 0.29) is 17.5 Å². The Hall–Kier alpha value is -2.09. The maximum Gasteiger partial charge on any atom is 0.232 e. The number of hydrogen-bond donors (Lipinski definition) is 1. The largest absolute Gasteiger partial charge is 0.369 e. The van der Waals surface area contributed by atoms with Crippen LogP contribution in [-0.2, 0) is 11.3 Å². The van der Waals surface area contributed by atoms with Gasteiger partial charge in [-0.3, -0.25) is 9.36 Å². The SMILES string of the molecule is NC(=O)CSc1nnc2n1CCN2c1ccc(F)cc1. The molecule has 0 fully saturated rings. The number of thioether (sulfide) groups is 1. The van der Waals surface area contributed by atoms with Gasteiger partial charge in [-0.25, -0.2) is 4.39 Å². The number of benzene rings is 1. The topological polar surface area (TPSA) is 77.0 Å². The Kier molecular flexibility index (Phi) is 3.31. The van der Waals surface area contributed by atoms with Gasteiger partial charge < -0.3 is 10.6 Å². The second-order valence-electron chi connectivity index (χ2n) is 4.32. The molecule has 0 unspecified atom stereocenters. The fourth-order valence-corrected chi connectivity index (χ4v) is 2.78. The summed E-state index contributed by atoms with van der Waals surface area (Å²) in [7, 11) is 0. The van der Waals surface area contributed by atoms with Crippen molar-refractivity contribution in [2.24, 2.45) is 5.73 Å². The van der Waals surface area contributed by atoms with Crippen LogP contribution in [0, 0.1) is 5.82 Å². The maximum absolute atomic E-state index is 13.0. The first kappa shape index (κ1) is 12.9. The van der Waals surface area contributed by atoms with Gasteiger partial charge in [0.25, 0.3) is 0 Å². The minimum absolute atomic E-state index is 0.175. The fourth-order valence-electron chi connectivity index (χ4n) is 2.08. The summed E-state index contributed by atoms with van der Waals surface area (Å²) >= 11 is 1.27. The van der Waals surface area contributed by atoms with E-state index in [0.29, 0.717) is 11.1 Å². The van der Waals surface area contributed by atoms with Crippen LogP contribution in [-0.4, -0.2) is 33.0 Å². The molecule has 20 heavy (non-hydrogen) atoms. The van der Waals surface area contributed by atoms with Gasteiger partial charge in [-0.2, -0.15) is 0 Å². The van der Waals surface area contributed by atoms with Crippen LogP contribution >= 0.6 is 11.8 Å². The van der Waals surface area contributed by atoms with Crippen LogP contribution in [0.1, 0.15) is 0 Å². The van der Waals surface area contributed by atoms with Crippen molar-refractivity contribution in [3.05, 3.63) is 30.1 Å². The van der Waals surface area contributed by atoms with Gasteiger partial charge in [0.2, 0.25) is 11.9 Å². The van der Waals surface area contributed by atoms with Gasteiger partial charge >= 0.3 is 0 Å². The van der Waals surface area contributed by atoms with Gasteiger partial charge in [0.1, 0.15) is 5.82 Å². The van der Waals surface area contributed by atoms with Crippen molar-refractivity contribution < 1.29 is 9.18 Å². The number of hydrogen-bond acceptors (Lipinski definition) is 5. The highest BCUT2D eigenvalue weighted by molar-refractivity contribution is 7.99. The molecular formula is C12H12FN5OS. The molecule has 1 aromatic carbocycles. The third-order valence-corrected chi connectivity index (χ3v) is 3.96. The molecule has 0 atom stereocenters.